The van der Waals surface area contributed by atoms with Crippen molar-refractivity contribution in [3.05, 3.63) is 46.7 Å². The Hall–Kier alpha value is -2.21. The maximum Gasteiger partial charge on any atom is 0.163 e. The molecule has 3 aromatic rings. The number of aryl methyl sites for hydroxylation is 2. The molecule has 0 saturated heterocycles. The largest absolute Gasteiger partial charge is 0.380 e. The Balaban J connectivity index is 1.71. The summed E-state index contributed by atoms with van der Waals surface area (Å²) in [4.78, 5) is 5.51. The summed E-state index contributed by atoms with van der Waals surface area (Å²) in [5.41, 5.74) is 5.12. The van der Waals surface area contributed by atoms with Crippen LogP contribution in [0.15, 0.2) is 36.1 Å². The van der Waals surface area contributed by atoms with Gasteiger partial charge in [0.15, 0.2) is 5.82 Å². The minimum Gasteiger partial charge on any atom is -0.380 e. The fraction of sp³-hybridized carbons (Fsp3) is 0.214. The van der Waals surface area contributed by atoms with Crippen LogP contribution in [0.25, 0.3) is 11.4 Å². The predicted molar refractivity (Wildman–Crippen MR) is 80.6 cm³/mol. The van der Waals surface area contributed by atoms with E-state index in [4.69, 9.17) is 0 Å². The molecule has 0 unspecified atom stereocenters. The minimum absolute atomic E-state index is 0.805. The Morgan fingerprint density at radius 2 is 2.05 bits per heavy atom. The van der Waals surface area contributed by atoms with E-state index in [1.54, 1.807) is 17.7 Å². The third-order valence-electron chi connectivity index (χ3n) is 3.15. The summed E-state index contributed by atoms with van der Waals surface area (Å²) in [6.45, 7) is 2.84. The topological polar surface area (TPSA) is 55.6 Å². The van der Waals surface area contributed by atoms with Crippen molar-refractivity contribution >= 4 is 17.0 Å². The molecule has 0 aliphatic heterocycles. The van der Waals surface area contributed by atoms with Crippen LogP contribution in [0.1, 0.15) is 10.6 Å². The van der Waals surface area contributed by atoms with Crippen LogP contribution in [0.4, 0.5) is 5.69 Å². The molecule has 0 aliphatic rings. The molecule has 0 fully saturated rings. The van der Waals surface area contributed by atoms with Gasteiger partial charge in [0.05, 0.1) is 17.7 Å². The van der Waals surface area contributed by atoms with Crippen molar-refractivity contribution in [1.82, 2.24) is 19.7 Å². The molecule has 2 aromatic heterocycles. The molecule has 0 spiro atoms. The van der Waals surface area contributed by atoms with E-state index in [1.165, 1.54) is 4.88 Å². The van der Waals surface area contributed by atoms with Crippen molar-refractivity contribution in [3.8, 4) is 11.4 Å². The van der Waals surface area contributed by atoms with Crippen LogP contribution < -0.4 is 5.32 Å². The van der Waals surface area contributed by atoms with E-state index in [0.29, 0.717) is 0 Å². The van der Waals surface area contributed by atoms with Gasteiger partial charge in [-0.3, -0.25) is 0 Å². The van der Waals surface area contributed by atoms with E-state index in [-0.39, 0.29) is 0 Å². The second-order valence-electron chi connectivity index (χ2n) is 4.56. The SMILES string of the molecule is Cc1ncsc1CNc1ccc(-c2nncn2C)cc1. The van der Waals surface area contributed by atoms with Gasteiger partial charge in [0.1, 0.15) is 6.33 Å². The normalized spacial score (nSPS) is 10.7. The molecule has 102 valence electrons. The first-order valence-electron chi connectivity index (χ1n) is 6.31. The van der Waals surface area contributed by atoms with Crippen LogP contribution in [0.2, 0.25) is 0 Å². The molecular formula is C14H15N5S. The molecule has 0 amide bonds. The van der Waals surface area contributed by atoms with Gasteiger partial charge in [-0.1, -0.05) is 0 Å². The van der Waals surface area contributed by atoms with E-state index in [1.807, 2.05) is 36.2 Å². The van der Waals surface area contributed by atoms with Crippen LogP contribution in [-0.4, -0.2) is 19.7 Å². The Kier molecular flexibility index (Phi) is 3.47. The number of anilines is 1. The zero-order chi connectivity index (χ0) is 13.9. The number of hydrogen-bond donors (Lipinski definition) is 1. The van der Waals surface area contributed by atoms with Gasteiger partial charge in [-0.15, -0.1) is 21.5 Å². The van der Waals surface area contributed by atoms with E-state index < -0.39 is 0 Å². The third kappa shape index (κ3) is 2.55. The summed E-state index contributed by atoms with van der Waals surface area (Å²) in [5.74, 6) is 0.870. The number of nitrogens with zero attached hydrogens (tertiary/aromatic N) is 4. The number of thiazole rings is 1. The maximum absolute atomic E-state index is 4.25. The molecule has 1 N–H and O–H groups in total. The number of rotatable bonds is 4. The molecule has 0 radical (unpaired) electrons. The molecule has 0 atom stereocenters. The van der Waals surface area contributed by atoms with Gasteiger partial charge in [-0.25, -0.2) is 4.98 Å². The highest BCUT2D eigenvalue weighted by molar-refractivity contribution is 7.09. The van der Waals surface area contributed by atoms with E-state index >= 15 is 0 Å². The number of nitrogens with one attached hydrogen (secondary N) is 1. The van der Waals surface area contributed by atoms with Gasteiger partial charge in [0.25, 0.3) is 0 Å². The average molecular weight is 285 g/mol. The van der Waals surface area contributed by atoms with Crippen molar-refractivity contribution in [2.75, 3.05) is 5.32 Å². The molecule has 3 rings (SSSR count). The lowest BCUT2D eigenvalue weighted by molar-refractivity contribution is 0.920. The van der Waals surface area contributed by atoms with E-state index in [0.717, 1.165) is 29.3 Å². The first-order valence-corrected chi connectivity index (χ1v) is 7.19. The van der Waals surface area contributed by atoms with Gasteiger partial charge in [-0.2, -0.15) is 0 Å². The fourth-order valence-electron chi connectivity index (χ4n) is 1.96. The Bertz CT molecular complexity index is 698. The first-order chi connectivity index (χ1) is 9.74. The zero-order valence-corrected chi connectivity index (χ0v) is 12.2. The smallest absolute Gasteiger partial charge is 0.163 e. The number of benzene rings is 1. The lowest BCUT2D eigenvalue weighted by atomic mass is 10.2. The highest BCUT2D eigenvalue weighted by Crippen LogP contribution is 2.20. The minimum atomic E-state index is 0.805. The fourth-order valence-corrected chi connectivity index (χ4v) is 2.68. The molecule has 6 heteroatoms. The monoisotopic (exact) mass is 285 g/mol. The molecule has 1 aromatic carbocycles. The highest BCUT2D eigenvalue weighted by Gasteiger charge is 2.05. The highest BCUT2D eigenvalue weighted by atomic mass is 32.1. The Morgan fingerprint density at radius 1 is 1.25 bits per heavy atom. The molecule has 2 heterocycles. The summed E-state index contributed by atoms with van der Waals surface area (Å²) in [6.07, 6.45) is 1.70. The van der Waals surface area contributed by atoms with Crippen LogP contribution in [0.5, 0.6) is 0 Å². The summed E-state index contributed by atoms with van der Waals surface area (Å²) in [7, 11) is 1.94. The quantitative estimate of drug-likeness (QED) is 0.801. The average Bonchev–Trinajstić information content (AvgIpc) is 3.06. The van der Waals surface area contributed by atoms with Crippen LogP contribution in [0, 0.1) is 6.92 Å². The summed E-state index contributed by atoms with van der Waals surface area (Å²) in [6, 6.07) is 8.21. The summed E-state index contributed by atoms with van der Waals surface area (Å²) >= 11 is 1.68. The standard InChI is InChI=1S/C14H15N5S/c1-10-13(20-9-16-10)7-15-12-5-3-11(4-6-12)14-18-17-8-19(14)2/h3-6,8-9,15H,7H2,1-2H3. The van der Waals surface area contributed by atoms with Gasteiger partial charge in [0, 0.05) is 23.2 Å². The second-order valence-corrected chi connectivity index (χ2v) is 5.50. The molecular weight excluding hydrogens is 270 g/mol. The lowest BCUT2D eigenvalue weighted by Gasteiger charge is -2.06. The number of hydrogen-bond acceptors (Lipinski definition) is 5. The summed E-state index contributed by atoms with van der Waals surface area (Å²) < 4.78 is 1.91. The first kappa shape index (κ1) is 12.8. The van der Waals surface area contributed by atoms with Crippen molar-refractivity contribution in [3.63, 3.8) is 0 Å². The Labute approximate surface area is 121 Å². The lowest BCUT2D eigenvalue weighted by Crippen LogP contribution is -1.99. The van der Waals surface area contributed by atoms with Crippen LogP contribution in [-0.2, 0) is 13.6 Å². The zero-order valence-electron chi connectivity index (χ0n) is 11.4. The van der Waals surface area contributed by atoms with Gasteiger partial charge >= 0.3 is 0 Å². The predicted octanol–water partition coefficient (Wildman–Crippen LogP) is 2.86. The Morgan fingerprint density at radius 3 is 2.65 bits per heavy atom. The molecule has 20 heavy (non-hydrogen) atoms. The van der Waals surface area contributed by atoms with Crippen molar-refractivity contribution in [2.24, 2.45) is 7.05 Å². The third-order valence-corrected chi connectivity index (χ3v) is 4.09. The van der Waals surface area contributed by atoms with E-state index in [9.17, 15) is 0 Å². The van der Waals surface area contributed by atoms with Crippen LogP contribution >= 0.6 is 11.3 Å². The van der Waals surface area contributed by atoms with Crippen molar-refractivity contribution < 1.29 is 0 Å². The molecule has 0 aliphatic carbocycles. The molecule has 0 saturated carbocycles. The summed E-state index contributed by atoms with van der Waals surface area (Å²) in [5, 5.41) is 11.4. The maximum atomic E-state index is 4.25. The van der Waals surface area contributed by atoms with Crippen molar-refractivity contribution in [2.45, 2.75) is 13.5 Å². The van der Waals surface area contributed by atoms with Gasteiger partial charge < -0.3 is 9.88 Å². The molecule has 5 nitrogen and oxygen atoms in total. The van der Waals surface area contributed by atoms with E-state index in [2.05, 4.69) is 32.6 Å². The van der Waals surface area contributed by atoms with Gasteiger partial charge in [-0.05, 0) is 31.2 Å². The molecule has 0 bridgehead atoms. The van der Waals surface area contributed by atoms with Gasteiger partial charge in [0.2, 0.25) is 0 Å². The van der Waals surface area contributed by atoms with Crippen LogP contribution in [0.3, 0.4) is 0 Å². The number of aromatic nitrogens is 4. The second kappa shape index (κ2) is 5.42. The van der Waals surface area contributed by atoms with Crippen molar-refractivity contribution in [1.29, 1.82) is 0 Å².